The Bertz CT molecular complexity index is 672. The highest BCUT2D eigenvalue weighted by Crippen LogP contribution is 2.30. The van der Waals surface area contributed by atoms with Crippen LogP contribution in [0.15, 0.2) is 24.3 Å². The Hall–Kier alpha value is -1.40. The first-order valence-corrected chi connectivity index (χ1v) is 9.66. The van der Waals surface area contributed by atoms with Crippen molar-refractivity contribution in [1.82, 2.24) is 9.62 Å². The fraction of sp³-hybridized carbons (Fsp3) is 0.562. The lowest BCUT2D eigenvalue weighted by molar-refractivity contribution is -0.125. The minimum Gasteiger partial charge on any atom is -0.348 e. The van der Waals surface area contributed by atoms with Gasteiger partial charge in [-0.05, 0) is 43.2 Å². The zero-order valence-electron chi connectivity index (χ0n) is 12.8. The molecule has 2 unspecified atom stereocenters. The molecule has 5 nitrogen and oxygen atoms in total. The van der Waals surface area contributed by atoms with Crippen molar-refractivity contribution in [2.45, 2.75) is 44.2 Å². The van der Waals surface area contributed by atoms with Gasteiger partial charge in [0, 0.05) is 6.54 Å². The van der Waals surface area contributed by atoms with Gasteiger partial charge < -0.3 is 5.32 Å². The third-order valence-corrected chi connectivity index (χ3v) is 5.91. The van der Waals surface area contributed by atoms with E-state index in [-0.39, 0.29) is 11.9 Å². The van der Waals surface area contributed by atoms with Gasteiger partial charge >= 0.3 is 0 Å². The topological polar surface area (TPSA) is 66.5 Å². The summed E-state index contributed by atoms with van der Waals surface area (Å²) in [6, 6.07) is 7.62. The van der Waals surface area contributed by atoms with Gasteiger partial charge in [0.05, 0.1) is 12.3 Å². The molecule has 0 spiro atoms. The first kappa shape index (κ1) is 15.5. The van der Waals surface area contributed by atoms with E-state index in [9.17, 15) is 13.2 Å². The van der Waals surface area contributed by atoms with Crippen molar-refractivity contribution in [3.63, 3.8) is 0 Å². The molecular weight excluding hydrogens is 300 g/mol. The van der Waals surface area contributed by atoms with E-state index in [0.717, 1.165) is 25.7 Å². The monoisotopic (exact) mass is 322 g/mol. The van der Waals surface area contributed by atoms with E-state index >= 15 is 0 Å². The highest BCUT2D eigenvalue weighted by atomic mass is 32.2. The molecule has 1 saturated heterocycles. The molecule has 2 atom stereocenters. The van der Waals surface area contributed by atoms with Gasteiger partial charge in [0.2, 0.25) is 15.9 Å². The number of sulfonamides is 1. The van der Waals surface area contributed by atoms with E-state index in [1.165, 1.54) is 21.7 Å². The fourth-order valence-corrected chi connectivity index (χ4v) is 4.70. The van der Waals surface area contributed by atoms with Crippen molar-refractivity contribution in [3.05, 3.63) is 35.4 Å². The number of hydrogen-bond acceptors (Lipinski definition) is 3. The lowest BCUT2D eigenvalue weighted by Gasteiger charge is -2.29. The highest BCUT2D eigenvalue weighted by Gasteiger charge is 2.37. The summed E-state index contributed by atoms with van der Waals surface area (Å²) in [5.74, 6) is -0.162. The number of carbonyl (C=O) groups is 1. The molecule has 0 bridgehead atoms. The maximum Gasteiger partial charge on any atom is 0.238 e. The van der Waals surface area contributed by atoms with Crippen LogP contribution in [-0.4, -0.2) is 37.5 Å². The van der Waals surface area contributed by atoms with Crippen LogP contribution in [0.1, 0.15) is 42.9 Å². The molecule has 0 aromatic heterocycles. The van der Waals surface area contributed by atoms with Gasteiger partial charge in [0.15, 0.2) is 0 Å². The average molecular weight is 322 g/mol. The number of rotatable bonds is 3. The molecule has 2 aliphatic rings. The summed E-state index contributed by atoms with van der Waals surface area (Å²) in [4.78, 5) is 12.6. The molecule has 6 heteroatoms. The summed E-state index contributed by atoms with van der Waals surface area (Å²) in [5.41, 5.74) is 2.46. The average Bonchev–Trinajstić information content (AvgIpc) is 2.97. The summed E-state index contributed by atoms with van der Waals surface area (Å²) < 4.78 is 24.9. The van der Waals surface area contributed by atoms with E-state index in [0.29, 0.717) is 13.0 Å². The number of benzene rings is 1. The van der Waals surface area contributed by atoms with Crippen LogP contribution in [-0.2, 0) is 21.2 Å². The second-order valence-electron chi connectivity index (χ2n) is 6.18. The fourth-order valence-electron chi connectivity index (χ4n) is 3.57. The molecule has 1 aliphatic carbocycles. The normalized spacial score (nSPS) is 25.7. The minimum atomic E-state index is -3.33. The zero-order chi connectivity index (χ0) is 15.7. The van der Waals surface area contributed by atoms with Crippen LogP contribution in [0.25, 0.3) is 0 Å². The minimum absolute atomic E-state index is 0.000500. The Kier molecular flexibility index (Phi) is 4.23. The van der Waals surface area contributed by atoms with Crippen LogP contribution < -0.4 is 5.32 Å². The molecule has 1 fully saturated rings. The van der Waals surface area contributed by atoms with Crippen LogP contribution in [0.3, 0.4) is 0 Å². The predicted molar refractivity (Wildman–Crippen MR) is 84.8 cm³/mol. The summed E-state index contributed by atoms with van der Waals surface area (Å²) >= 11 is 0. The lowest BCUT2D eigenvalue weighted by atomic mass is 9.87. The molecule has 1 heterocycles. The van der Waals surface area contributed by atoms with Crippen molar-refractivity contribution < 1.29 is 13.2 Å². The standard InChI is InChI=1S/C16H22N2O3S/c1-22(20,21)18-11-5-10-15(18)16(19)17-14-9-4-7-12-6-2-3-8-13(12)14/h2-3,6,8,14-15H,4-5,7,9-11H2,1H3,(H,17,19). The molecule has 3 rings (SSSR count). The van der Waals surface area contributed by atoms with Gasteiger partial charge in [-0.1, -0.05) is 24.3 Å². The van der Waals surface area contributed by atoms with Gasteiger partial charge in [0.1, 0.15) is 6.04 Å². The molecule has 0 saturated carbocycles. The Balaban J connectivity index is 1.75. The molecule has 22 heavy (non-hydrogen) atoms. The van der Waals surface area contributed by atoms with Gasteiger partial charge in [0.25, 0.3) is 0 Å². The van der Waals surface area contributed by atoms with E-state index in [1.54, 1.807) is 0 Å². The number of hydrogen-bond donors (Lipinski definition) is 1. The highest BCUT2D eigenvalue weighted by molar-refractivity contribution is 7.88. The maximum atomic E-state index is 12.6. The molecule has 1 N–H and O–H groups in total. The van der Waals surface area contributed by atoms with E-state index < -0.39 is 16.1 Å². The van der Waals surface area contributed by atoms with Crippen LogP contribution in [0.4, 0.5) is 0 Å². The van der Waals surface area contributed by atoms with Crippen LogP contribution in [0, 0.1) is 0 Å². The lowest BCUT2D eigenvalue weighted by Crippen LogP contribution is -2.46. The first-order valence-electron chi connectivity index (χ1n) is 7.82. The van der Waals surface area contributed by atoms with Crippen molar-refractivity contribution >= 4 is 15.9 Å². The van der Waals surface area contributed by atoms with Crippen molar-refractivity contribution in [2.24, 2.45) is 0 Å². The van der Waals surface area contributed by atoms with Crippen LogP contribution >= 0.6 is 0 Å². The van der Waals surface area contributed by atoms with Crippen LogP contribution in [0.5, 0.6) is 0 Å². The Morgan fingerprint density at radius 2 is 2.00 bits per heavy atom. The molecule has 1 amide bonds. The second kappa shape index (κ2) is 6.01. The second-order valence-corrected chi connectivity index (χ2v) is 8.12. The third kappa shape index (κ3) is 3.03. The van der Waals surface area contributed by atoms with Gasteiger partial charge in [-0.15, -0.1) is 0 Å². The number of fused-ring (bicyclic) bond motifs is 1. The number of aryl methyl sites for hydroxylation is 1. The number of nitrogens with zero attached hydrogens (tertiary/aromatic N) is 1. The summed E-state index contributed by atoms with van der Waals surface area (Å²) in [6.07, 6.45) is 5.52. The third-order valence-electron chi connectivity index (χ3n) is 4.62. The van der Waals surface area contributed by atoms with Crippen molar-refractivity contribution in [1.29, 1.82) is 0 Å². The molecule has 0 radical (unpaired) electrons. The van der Waals surface area contributed by atoms with Gasteiger partial charge in [-0.25, -0.2) is 8.42 Å². The maximum absolute atomic E-state index is 12.6. The molecule has 1 aromatic carbocycles. The Morgan fingerprint density at radius 3 is 2.77 bits per heavy atom. The molecular formula is C16H22N2O3S. The van der Waals surface area contributed by atoms with E-state index in [1.807, 2.05) is 12.1 Å². The largest absolute Gasteiger partial charge is 0.348 e. The number of amides is 1. The van der Waals surface area contributed by atoms with E-state index in [2.05, 4.69) is 17.4 Å². The predicted octanol–water partition coefficient (Wildman–Crippen LogP) is 1.60. The quantitative estimate of drug-likeness (QED) is 0.919. The first-order chi connectivity index (χ1) is 10.5. The van der Waals surface area contributed by atoms with E-state index in [4.69, 9.17) is 0 Å². The van der Waals surface area contributed by atoms with Crippen molar-refractivity contribution in [3.8, 4) is 0 Å². The smallest absolute Gasteiger partial charge is 0.238 e. The van der Waals surface area contributed by atoms with Gasteiger partial charge in [-0.2, -0.15) is 4.31 Å². The molecule has 120 valence electrons. The summed E-state index contributed by atoms with van der Waals surface area (Å²) in [5, 5.41) is 3.07. The van der Waals surface area contributed by atoms with Crippen molar-refractivity contribution in [2.75, 3.05) is 12.8 Å². The molecule has 1 aliphatic heterocycles. The Labute approximate surface area is 131 Å². The van der Waals surface area contributed by atoms with Gasteiger partial charge in [-0.3, -0.25) is 4.79 Å². The SMILES string of the molecule is CS(=O)(=O)N1CCCC1C(=O)NC1CCCc2ccccc21. The summed E-state index contributed by atoms with van der Waals surface area (Å²) in [7, 11) is -3.33. The Morgan fingerprint density at radius 1 is 1.23 bits per heavy atom. The molecule has 1 aromatic rings. The zero-order valence-corrected chi connectivity index (χ0v) is 13.6. The number of nitrogens with one attached hydrogen (secondary N) is 1. The summed E-state index contributed by atoms with van der Waals surface area (Å²) in [6.45, 7) is 0.443. The number of carbonyl (C=O) groups excluding carboxylic acids is 1. The van der Waals surface area contributed by atoms with Crippen LogP contribution in [0.2, 0.25) is 0 Å².